The van der Waals surface area contributed by atoms with Crippen LogP contribution in [0, 0.1) is 0 Å². The number of fused-ring (bicyclic) bond motifs is 1. The van der Waals surface area contributed by atoms with E-state index < -0.39 is 24.7 Å². The van der Waals surface area contributed by atoms with Gasteiger partial charge in [0.05, 0.1) is 24.4 Å². The fourth-order valence-corrected chi connectivity index (χ4v) is 4.03. The number of hydrogen-bond acceptors (Lipinski definition) is 4. The number of rotatable bonds is 6. The van der Waals surface area contributed by atoms with Crippen molar-refractivity contribution >= 4 is 34.8 Å². The lowest BCUT2D eigenvalue weighted by molar-refractivity contribution is -0.118. The largest absolute Gasteiger partial charge is 0.433 e. The Hall–Kier alpha value is -1.93. The number of halogens is 4. The first-order valence-corrected chi connectivity index (χ1v) is 9.21. The average molecular weight is 431 g/mol. The maximum Gasteiger partial charge on any atom is 0.387 e. The minimum atomic E-state index is -3.00. The molecule has 2 aromatic carbocycles. The number of carbonyl (C=O) groups is 1. The zero-order chi connectivity index (χ0) is 20.4. The molecule has 150 valence electrons. The van der Waals surface area contributed by atoms with E-state index in [4.69, 9.17) is 23.2 Å². The quantitative estimate of drug-likeness (QED) is 0.723. The summed E-state index contributed by atoms with van der Waals surface area (Å²) in [6.45, 7) is -3.09. The highest BCUT2D eigenvalue weighted by Crippen LogP contribution is 2.40. The van der Waals surface area contributed by atoms with Crippen LogP contribution < -0.4 is 10.1 Å². The molecule has 0 saturated carbocycles. The van der Waals surface area contributed by atoms with Gasteiger partial charge in [0.25, 0.3) is 0 Å². The molecule has 28 heavy (non-hydrogen) atoms. The Kier molecular flexibility index (Phi) is 6.40. The van der Waals surface area contributed by atoms with E-state index in [-0.39, 0.29) is 18.0 Å². The minimum Gasteiger partial charge on any atom is -0.433 e. The second-order valence-electron chi connectivity index (χ2n) is 6.51. The molecule has 1 aliphatic rings. The monoisotopic (exact) mass is 430 g/mol. The molecule has 0 radical (unpaired) electrons. The lowest BCUT2D eigenvalue weighted by Gasteiger charge is -2.27. The van der Waals surface area contributed by atoms with Crippen molar-refractivity contribution in [1.29, 1.82) is 0 Å². The zero-order valence-corrected chi connectivity index (χ0v) is 16.3. The number of hydrogen-bond donors (Lipinski definition) is 2. The fraction of sp³-hybridized carbons (Fsp3) is 0.316. The highest BCUT2D eigenvalue weighted by atomic mass is 35.5. The smallest absolute Gasteiger partial charge is 0.387 e. The molecule has 2 N–H and O–H groups in total. The number of ether oxygens (including phenoxy) is 1. The number of nitrogens with one attached hydrogen (secondary N) is 1. The second kappa shape index (κ2) is 8.61. The number of aliphatic hydroxyl groups excluding tert-OH is 1. The number of anilines is 1. The number of para-hydroxylation sites is 2. The van der Waals surface area contributed by atoms with Gasteiger partial charge in [-0.25, -0.2) is 0 Å². The third kappa shape index (κ3) is 4.55. The van der Waals surface area contributed by atoms with E-state index in [0.717, 1.165) is 11.1 Å². The molecule has 0 aromatic heterocycles. The molecule has 0 heterocycles. The Morgan fingerprint density at radius 1 is 1.36 bits per heavy atom. The van der Waals surface area contributed by atoms with Gasteiger partial charge in [-0.3, -0.25) is 9.69 Å². The van der Waals surface area contributed by atoms with Gasteiger partial charge >= 0.3 is 6.61 Å². The van der Waals surface area contributed by atoms with E-state index in [9.17, 15) is 18.7 Å². The molecule has 2 aromatic rings. The first-order valence-electron chi connectivity index (χ1n) is 8.46. The van der Waals surface area contributed by atoms with Gasteiger partial charge in [0.2, 0.25) is 5.91 Å². The third-order valence-corrected chi connectivity index (χ3v) is 5.09. The Balaban J connectivity index is 1.73. The van der Waals surface area contributed by atoms with Gasteiger partial charge in [0.1, 0.15) is 5.75 Å². The van der Waals surface area contributed by atoms with Crippen molar-refractivity contribution < 1.29 is 23.4 Å². The summed E-state index contributed by atoms with van der Waals surface area (Å²) in [6.07, 6.45) is -0.397. The van der Waals surface area contributed by atoms with Crippen molar-refractivity contribution in [3.63, 3.8) is 0 Å². The normalized spacial score (nSPS) is 18.4. The summed E-state index contributed by atoms with van der Waals surface area (Å²) in [4.78, 5) is 14.1. The van der Waals surface area contributed by atoms with E-state index in [1.807, 2.05) is 0 Å². The molecule has 2 atom stereocenters. The molecule has 1 amide bonds. The predicted octanol–water partition coefficient (Wildman–Crippen LogP) is 4.12. The molecular weight excluding hydrogens is 413 g/mol. The Morgan fingerprint density at radius 2 is 2.07 bits per heavy atom. The maximum absolute atomic E-state index is 12.5. The first-order chi connectivity index (χ1) is 13.3. The van der Waals surface area contributed by atoms with E-state index in [1.165, 1.54) is 18.2 Å². The molecule has 0 aliphatic heterocycles. The van der Waals surface area contributed by atoms with Crippen molar-refractivity contribution in [2.75, 3.05) is 18.9 Å². The molecule has 9 heteroatoms. The Morgan fingerprint density at radius 3 is 2.79 bits per heavy atom. The van der Waals surface area contributed by atoms with Crippen LogP contribution in [0.25, 0.3) is 0 Å². The highest BCUT2D eigenvalue weighted by Gasteiger charge is 2.36. The zero-order valence-electron chi connectivity index (χ0n) is 14.8. The van der Waals surface area contributed by atoms with Gasteiger partial charge in [-0.2, -0.15) is 8.78 Å². The van der Waals surface area contributed by atoms with Crippen LogP contribution in [0.4, 0.5) is 14.5 Å². The van der Waals surface area contributed by atoms with E-state index in [1.54, 1.807) is 30.1 Å². The van der Waals surface area contributed by atoms with Crippen molar-refractivity contribution in [2.24, 2.45) is 0 Å². The van der Waals surface area contributed by atoms with Crippen molar-refractivity contribution in [3.8, 4) is 5.75 Å². The highest BCUT2D eigenvalue weighted by molar-refractivity contribution is 6.35. The predicted molar refractivity (Wildman–Crippen MR) is 103 cm³/mol. The number of alkyl halides is 2. The SMILES string of the molecule is CN(CC(=O)Nc1ccccc1OC(F)F)[C@@H]1c2cc(Cl)cc(Cl)c2C[C@@H]1O. The lowest BCUT2D eigenvalue weighted by atomic mass is 10.1. The number of amides is 1. The van der Waals surface area contributed by atoms with Crippen LogP contribution in [-0.4, -0.2) is 42.2 Å². The maximum atomic E-state index is 12.5. The van der Waals surface area contributed by atoms with Crippen molar-refractivity contribution in [1.82, 2.24) is 4.90 Å². The van der Waals surface area contributed by atoms with Gasteiger partial charge in [0, 0.05) is 16.5 Å². The van der Waals surface area contributed by atoms with Crippen molar-refractivity contribution in [2.45, 2.75) is 25.2 Å². The number of aliphatic hydroxyl groups is 1. The van der Waals surface area contributed by atoms with Crippen LogP contribution >= 0.6 is 23.2 Å². The minimum absolute atomic E-state index is 0.0890. The summed E-state index contributed by atoms with van der Waals surface area (Å²) in [7, 11) is 1.68. The topological polar surface area (TPSA) is 61.8 Å². The van der Waals surface area contributed by atoms with Crippen LogP contribution in [0.1, 0.15) is 17.2 Å². The van der Waals surface area contributed by atoms with E-state index in [0.29, 0.717) is 16.5 Å². The van der Waals surface area contributed by atoms with Crippen LogP contribution in [0.3, 0.4) is 0 Å². The van der Waals surface area contributed by atoms with Crippen molar-refractivity contribution in [3.05, 3.63) is 57.6 Å². The first kappa shape index (κ1) is 20.8. The van der Waals surface area contributed by atoms with E-state index >= 15 is 0 Å². The standard InChI is InChI=1S/C19H18Cl2F2N2O3/c1-25(18-12-6-10(20)7-13(21)11(12)8-15(18)26)9-17(27)24-14-4-2-3-5-16(14)28-19(22)23/h2-7,15,18-19,26H,8-9H2,1H3,(H,24,27)/t15-,18+/m0/s1. The Labute approximate surface area is 170 Å². The molecular formula is C19H18Cl2F2N2O3. The second-order valence-corrected chi connectivity index (χ2v) is 7.35. The summed E-state index contributed by atoms with van der Waals surface area (Å²) in [5, 5.41) is 13.9. The molecule has 3 rings (SSSR count). The van der Waals surface area contributed by atoms with Gasteiger partial charge in [-0.05, 0) is 42.4 Å². The molecule has 1 aliphatic carbocycles. The lowest BCUT2D eigenvalue weighted by Crippen LogP contribution is -2.37. The number of benzene rings is 2. The Bertz CT molecular complexity index is 882. The van der Waals surface area contributed by atoms with Gasteiger partial charge in [0.15, 0.2) is 0 Å². The van der Waals surface area contributed by atoms with Crippen LogP contribution in [0.15, 0.2) is 36.4 Å². The molecule has 0 saturated heterocycles. The number of nitrogens with zero attached hydrogens (tertiary/aromatic N) is 1. The molecule has 0 fully saturated rings. The third-order valence-electron chi connectivity index (χ3n) is 4.54. The summed E-state index contributed by atoms with van der Waals surface area (Å²) in [6, 6.07) is 8.80. The van der Waals surface area contributed by atoms with Gasteiger partial charge in [-0.1, -0.05) is 35.3 Å². The summed E-state index contributed by atoms with van der Waals surface area (Å²) >= 11 is 12.3. The van der Waals surface area contributed by atoms with Gasteiger partial charge in [-0.15, -0.1) is 0 Å². The fourth-order valence-electron chi connectivity index (χ4n) is 3.45. The molecule has 0 unspecified atom stereocenters. The summed E-state index contributed by atoms with van der Waals surface area (Å²) < 4.78 is 29.4. The van der Waals surface area contributed by atoms with Crippen LogP contribution in [-0.2, 0) is 11.2 Å². The molecule has 0 spiro atoms. The van der Waals surface area contributed by atoms with E-state index in [2.05, 4.69) is 10.1 Å². The summed E-state index contributed by atoms with van der Waals surface area (Å²) in [5.74, 6) is -0.570. The number of carbonyl (C=O) groups excluding carboxylic acids is 1. The number of likely N-dealkylation sites (N-methyl/N-ethyl adjacent to an activating group) is 1. The van der Waals surface area contributed by atoms with Crippen LogP contribution in [0.5, 0.6) is 5.75 Å². The summed E-state index contributed by atoms with van der Waals surface area (Å²) in [5.41, 5.74) is 1.70. The van der Waals surface area contributed by atoms with Gasteiger partial charge < -0.3 is 15.2 Å². The molecule has 5 nitrogen and oxygen atoms in total. The average Bonchev–Trinajstić information content (AvgIpc) is 2.92. The molecule has 0 bridgehead atoms. The van der Waals surface area contributed by atoms with Crippen LogP contribution in [0.2, 0.25) is 10.0 Å².